The summed E-state index contributed by atoms with van der Waals surface area (Å²) in [5.74, 6) is -0.998. The molecule has 2 rings (SSSR count). The van der Waals surface area contributed by atoms with Crippen molar-refractivity contribution in [2.75, 3.05) is 13.1 Å². The molecule has 0 spiro atoms. The van der Waals surface area contributed by atoms with E-state index in [1.807, 2.05) is 44.2 Å². The molecule has 0 saturated carbocycles. The number of carbonyl (C=O) groups excluding carboxylic acids is 3. The van der Waals surface area contributed by atoms with Crippen molar-refractivity contribution in [2.24, 2.45) is 11.5 Å². The highest BCUT2D eigenvalue weighted by Crippen LogP contribution is 2.21. The summed E-state index contributed by atoms with van der Waals surface area (Å²) in [6, 6.07) is 10.8. The molecular formula is C25H35N5O4. The topological polar surface area (TPSA) is 160 Å². The molecular weight excluding hydrogens is 434 g/mol. The number of amides is 3. The van der Waals surface area contributed by atoms with E-state index in [2.05, 4.69) is 16.0 Å². The Morgan fingerprint density at radius 3 is 2.18 bits per heavy atom. The van der Waals surface area contributed by atoms with E-state index in [1.54, 1.807) is 19.1 Å². The SMILES string of the molecule is Cc1cc(O)cc(C)c1C[C@H](N)C(=O)N[C@H](C)C(=O)NC[C@H](Cc1ccccc1)NC(=O)CN. The molecule has 0 aliphatic rings. The lowest BCUT2D eigenvalue weighted by Crippen LogP contribution is -2.53. The molecule has 34 heavy (non-hydrogen) atoms. The predicted molar refractivity (Wildman–Crippen MR) is 131 cm³/mol. The minimum Gasteiger partial charge on any atom is -0.508 e. The van der Waals surface area contributed by atoms with Crippen LogP contribution in [0.25, 0.3) is 0 Å². The van der Waals surface area contributed by atoms with Crippen LogP contribution in [0.15, 0.2) is 42.5 Å². The molecule has 3 amide bonds. The fourth-order valence-corrected chi connectivity index (χ4v) is 3.73. The number of phenolic OH excluding ortho intramolecular Hbond substituents is 1. The van der Waals surface area contributed by atoms with E-state index in [0.717, 1.165) is 22.3 Å². The molecule has 2 aromatic rings. The van der Waals surface area contributed by atoms with Crippen LogP contribution in [0.5, 0.6) is 5.75 Å². The first-order valence-electron chi connectivity index (χ1n) is 11.3. The summed E-state index contributed by atoms with van der Waals surface area (Å²) >= 11 is 0. The summed E-state index contributed by atoms with van der Waals surface area (Å²) in [7, 11) is 0. The lowest BCUT2D eigenvalue weighted by Gasteiger charge is -2.22. The van der Waals surface area contributed by atoms with Gasteiger partial charge in [0.1, 0.15) is 11.8 Å². The Bertz CT molecular complexity index is 973. The third-order valence-electron chi connectivity index (χ3n) is 5.59. The molecule has 0 radical (unpaired) electrons. The van der Waals surface area contributed by atoms with Crippen molar-refractivity contribution in [2.45, 2.75) is 51.7 Å². The van der Waals surface area contributed by atoms with Gasteiger partial charge in [-0.05, 0) is 68.0 Å². The molecule has 9 heteroatoms. The van der Waals surface area contributed by atoms with Gasteiger partial charge in [-0.25, -0.2) is 0 Å². The van der Waals surface area contributed by atoms with Gasteiger partial charge in [0, 0.05) is 6.54 Å². The molecule has 0 aliphatic heterocycles. The van der Waals surface area contributed by atoms with Crippen LogP contribution in [0.4, 0.5) is 0 Å². The summed E-state index contributed by atoms with van der Waals surface area (Å²) in [5, 5.41) is 17.9. The number of rotatable bonds is 11. The van der Waals surface area contributed by atoms with Crippen LogP contribution < -0.4 is 27.4 Å². The van der Waals surface area contributed by atoms with Gasteiger partial charge >= 0.3 is 0 Å². The summed E-state index contributed by atoms with van der Waals surface area (Å²) in [6.07, 6.45) is 0.798. The Morgan fingerprint density at radius 1 is 0.971 bits per heavy atom. The first-order chi connectivity index (χ1) is 16.1. The van der Waals surface area contributed by atoms with Gasteiger partial charge in [0.2, 0.25) is 17.7 Å². The first-order valence-corrected chi connectivity index (χ1v) is 11.3. The van der Waals surface area contributed by atoms with Crippen molar-refractivity contribution in [3.05, 3.63) is 64.7 Å². The zero-order valence-corrected chi connectivity index (χ0v) is 19.9. The molecule has 9 nitrogen and oxygen atoms in total. The van der Waals surface area contributed by atoms with Gasteiger partial charge in [-0.15, -0.1) is 0 Å². The molecule has 3 atom stereocenters. The van der Waals surface area contributed by atoms with E-state index in [-0.39, 0.29) is 37.2 Å². The Morgan fingerprint density at radius 2 is 1.59 bits per heavy atom. The van der Waals surface area contributed by atoms with E-state index in [1.165, 1.54) is 0 Å². The van der Waals surface area contributed by atoms with Gasteiger partial charge in [0.15, 0.2) is 0 Å². The van der Waals surface area contributed by atoms with E-state index in [0.29, 0.717) is 6.42 Å². The number of aromatic hydroxyl groups is 1. The second-order valence-electron chi connectivity index (χ2n) is 8.50. The smallest absolute Gasteiger partial charge is 0.242 e. The number of hydrogen-bond acceptors (Lipinski definition) is 6. The molecule has 0 fully saturated rings. The van der Waals surface area contributed by atoms with Crippen LogP contribution in [0, 0.1) is 13.8 Å². The van der Waals surface area contributed by atoms with Gasteiger partial charge in [-0.3, -0.25) is 14.4 Å². The number of hydrogen-bond donors (Lipinski definition) is 6. The molecule has 0 heterocycles. The summed E-state index contributed by atoms with van der Waals surface area (Å²) in [4.78, 5) is 37.0. The van der Waals surface area contributed by atoms with Crippen LogP contribution in [0.2, 0.25) is 0 Å². The fraction of sp³-hybridized carbons (Fsp3) is 0.400. The maximum absolute atomic E-state index is 12.6. The van der Waals surface area contributed by atoms with Crippen molar-refractivity contribution >= 4 is 17.7 Å². The monoisotopic (exact) mass is 469 g/mol. The maximum Gasteiger partial charge on any atom is 0.242 e. The third kappa shape index (κ3) is 8.17. The summed E-state index contributed by atoms with van der Waals surface area (Å²) < 4.78 is 0. The van der Waals surface area contributed by atoms with E-state index in [4.69, 9.17) is 11.5 Å². The van der Waals surface area contributed by atoms with Gasteiger partial charge in [-0.2, -0.15) is 0 Å². The quantitative estimate of drug-likeness (QED) is 0.275. The standard InChI is InChI=1S/C25H35N5O4/c1-15-9-20(31)10-16(2)21(15)12-22(27)25(34)29-17(3)24(33)28-14-19(30-23(32)13-26)11-18-7-5-4-6-8-18/h4-10,17,19,22,31H,11-14,26-27H2,1-3H3,(H,28,33)(H,29,34)(H,30,32)/t17-,19+,22+/m1/s1. The van der Waals surface area contributed by atoms with Crippen molar-refractivity contribution < 1.29 is 19.5 Å². The largest absolute Gasteiger partial charge is 0.508 e. The van der Waals surface area contributed by atoms with Gasteiger partial charge in [-0.1, -0.05) is 30.3 Å². The number of carbonyl (C=O) groups is 3. The first kappa shape index (κ1) is 26.8. The van der Waals surface area contributed by atoms with Gasteiger partial charge < -0.3 is 32.5 Å². The molecule has 0 bridgehead atoms. The highest BCUT2D eigenvalue weighted by atomic mass is 16.3. The minimum absolute atomic E-state index is 0.149. The second-order valence-corrected chi connectivity index (χ2v) is 8.50. The predicted octanol–water partition coefficient (Wildman–Crippen LogP) is 0.186. The van der Waals surface area contributed by atoms with E-state index >= 15 is 0 Å². The van der Waals surface area contributed by atoms with Gasteiger partial charge in [0.25, 0.3) is 0 Å². The molecule has 8 N–H and O–H groups in total. The van der Waals surface area contributed by atoms with E-state index in [9.17, 15) is 19.5 Å². The van der Waals surface area contributed by atoms with Crippen LogP contribution in [0.1, 0.15) is 29.2 Å². The Balaban J connectivity index is 1.91. The summed E-state index contributed by atoms with van der Waals surface area (Å²) in [5.41, 5.74) is 15.1. The third-order valence-corrected chi connectivity index (χ3v) is 5.59. The average Bonchev–Trinajstić information content (AvgIpc) is 2.79. The van der Waals surface area contributed by atoms with Crippen molar-refractivity contribution in [1.82, 2.24) is 16.0 Å². The lowest BCUT2D eigenvalue weighted by atomic mass is 9.96. The van der Waals surface area contributed by atoms with Crippen molar-refractivity contribution in [1.29, 1.82) is 0 Å². The minimum atomic E-state index is -0.855. The average molecular weight is 470 g/mol. The highest BCUT2D eigenvalue weighted by Gasteiger charge is 2.22. The number of nitrogens with one attached hydrogen (secondary N) is 3. The number of benzene rings is 2. The zero-order valence-electron chi connectivity index (χ0n) is 19.9. The Labute approximate surface area is 200 Å². The molecule has 0 saturated heterocycles. The highest BCUT2D eigenvalue weighted by molar-refractivity contribution is 5.89. The molecule has 184 valence electrons. The van der Waals surface area contributed by atoms with Gasteiger partial charge in [0.05, 0.1) is 18.6 Å². The zero-order chi connectivity index (χ0) is 25.3. The Hall–Kier alpha value is -3.43. The van der Waals surface area contributed by atoms with E-state index < -0.39 is 23.9 Å². The lowest BCUT2D eigenvalue weighted by molar-refractivity contribution is -0.129. The second kappa shape index (κ2) is 12.7. The van der Waals surface area contributed by atoms with Crippen LogP contribution >= 0.6 is 0 Å². The van der Waals surface area contributed by atoms with Crippen LogP contribution in [0.3, 0.4) is 0 Å². The van der Waals surface area contributed by atoms with Crippen LogP contribution in [-0.2, 0) is 27.2 Å². The summed E-state index contributed by atoms with van der Waals surface area (Å²) in [6.45, 7) is 5.29. The molecule has 0 aromatic heterocycles. The number of phenols is 1. The maximum atomic E-state index is 12.6. The molecule has 0 aliphatic carbocycles. The fourth-order valence-electron chi connectivity index (χ4n) is 3.73. The number of nitrogens with two attached hydrogens (primary N) is 2. The Kier molecular flexibility index (Phi) is 10.0. The normalized spacial score (nSPS) is 13.4. The van der Waals surface area contributed by atoms with Crippen LogP contribution in [-0.4, -0.2) is 54.0 Å². The molecule has 0 unspecified atom stereocenters. The van der Waals surface area contributed by atoms with Crippen molar-refractivity contribution in [3.8, 4) is 5.75 Å². The van der Waals surface area contributed by atoms with Crippen molar-refractivity contribution in [3.63, 3.8) is 0 Å². The number of aryl methyl sites for hydroxylation is 2. The molecule has 2 aromatic carbocycles.